The van der Waals surface area contributed by atoms with Crippen LogP contribution in [0, 0.1) is 13.8 Å². The average molecular weight is 216 g/mol. The van der Waals surface area contributed by atoms with E-state index in [1.54, 1.807) is 0 Å². The Bertz CT molecular complexity index is 302. The quantitative estimate of drug-likeness (QED) is 0.755. The minimum atomic E-state index is -0.0155. The molecule has 0 saturated carbocycles. The number of alkyl halides is 1. The van der Waals surface area contributed by atoms with Crippen molar-refractivity contribution in [1.82, 2.24) is 10.2 Å². The van der Waals surface area contributed by atoms with E-state index in [2.05, 4.69) is 15.5 Å². The highest BCUT2D eigenvalue weighted by Gasteiger charge is 2.09. The summed E-state index contributed by atoms with van der Waals surface area (Å²) in [4.78, 5) is 11.4. The van der Waals surface area contributed by atoms with Crippen molar-refractivity contribution in [2.45, 2.75) is 26.7 Å². The van der Waals surface area contributed by atoms with Crippen molar-refractivity contribution in [2.24, 2.45) is 0 Å². The summed E-state index contributed by atoms with van der Waals surface area (Å²) in [7, 11) is 0. The van der Waals surface area contributed by atoms with E-state index in [1.165, 1.54) is 0 Å². The number of amides is 1. The smallest absolute Gasteiger partial charge is 0.224 e. The van der Waals surface area contributed by atoms with Crippen LogP contribution in [0.15, 0.2) is 0 Å². The number of H-pyrrole nitrogens is 1. The maximum atomic E-state index is 11.4. The molecule has 1 aromatic heterocycles. The van der Waals surface area contributed by atoms with Gasteiger partial charge >= 0.3 is 0 Å². The molecule has 2 N–H and O–H groups in total. The van der Waals surface area contributed by atoms with E-state index in [9.17, 15) is 4.79 Å². The Kier molecular flexibility index (Phi) is 3.95. The van der Waals surface area contributed by atoms with Crippen LogP contribution >= 0.6 is 11.6 Å². The maximum absolute atomic E-state index is 11.4. The number of hydrogen-bond acceptors (Lipinski definition) is 2. The van der Waals surface area contributed by atoms with Gasteiger partial charge in [-0.15, -0.1) is 11.6 Å². The second-order valence-electron chi connectivity index (χ2n) is 3.15. The predicted octanol–water partition coefficient (Wildman–Crippen LogP) is 1.98. The lowest BCUT2D eigenvalue weighted by molar-refractivity contribution is -0.116. The summed E-state index contributed by atoms with van der Waals surface area (Å²) >= 11 is 5.49. The van der Waals surface area contributed by atoms with Gasteiger partial charge in [-0.25, -0.2) is 0 Å². The van der Waals surface area contributed by atoms with Crippen LogP contribution in [0.25, 0.3) is 0 Å². The monoisotopic (exact) mass is 215 g/mol. The summed E-state index contributed by atoms with van der Waals surface area (Å²) in [6.45, 7) is 3.72. The Hall–Kier alpha value is -1.03. The molecule has 0 aliphatic heterocycles. The normalized spacial score (nSPS) is 10.2. The van der Waals surface area contributed by atoms with Crippen LogP contribution in [0.5, 0.6) is 0 Å². The summed E-state index contributed by atoms with van der Waals surface area (Å²) in [5.74, 6) is 0.495. The summed E-state index contributed by atoms with van der Waals surface area (Å²) in [5, 5.41) is 9.59. The van der Waals surface area contributed by atoms with Crippen LogP contribution in [-0.2, 0) is 4.79 Å². The van der Waals surface area contributed by atoms with Crippen LogP contribution < -0.4 is 5.32 Å². The van der Waals surface area contributed by atoms with Gasteiger partial charge in [0.25, 0.3) is 0 Å². The molecule has 1 rings (SSSR count). The molecule has 1 amide bonds. The molecule has 5 heteroatoms. The molecular weight excluding hydrogens is 202 g/mol. The number of aromatic nitrogens is 2. The maximum Gasteiger partial charge on any atom is 0.224 e. The number of carbonyl (C=O) groups excluding carboxylic acids is 1. The highest BCUT2D eigenvalue weighted by atomic mass is 35.5. The molecule has 0 aliphatic rings. The molecule has 78 valence electrons. The first-order chi connectivity index (χ1) is 6.65. The summed E-state index contributed by atoms with van der Waals surface area (Å²) in [6.07, 6.45) is 1.15. The zero-order chi connectivity index (χ0) is 10.6. The first-order valence-electron chi connectivity index (χ1n) is 4.52. The molecule has 0 radical (unpaired) electrons. The van der Waals surface area contributed by atoms with Crippen LogP contribution in [-0.4, -0.2) is 22.0 Å². The molecule has 0 aromatic carbocycles. The minimum Gasteiger partial charge on any atom is -0.323 e. The predicted molar refractivity (Wildman–Crippen MR) is 56.6 cm³/mol. The molecule has 14 heavy (non-hydrogen) atoms. The fourth-order valence-electron chi connectivity index (χ4n) is 1.16. The van der Waals surface area contributed by atoms with Gasteiger partial charge in [-0.1, -0.05) is 0 Å². The summed E-state index contributed by atoms with van der Waals surface area (Å²) < 4.78 is 0. The zero-order valence-electron chi connectivity index (χ0n) is 8.35. The molecule has 0 spiro atoms. The lowest BCUT2D eigenvalue weighted by Crippen LogP contribution is -2.12. The van der Waals surface area contributed by atoms with E-state index in [0.29, 0.717) is 18.7 Å². The van der Waals surface area contributed by atoms with E-state index in [4.69, 9.17) is 11.6 Å². The Balaban J connectivity index is 2.55. The van der Waals surface area contributed by atoms with Gasteiger partial charge in [0.15, 0.2) is 0 Å². The number of aryl methyl sites for hydroxylation is 2. The van der Waals surface area contributed by atoms with Crippen LogP contribution in [0.2, 0.25) is 0 Å². The number of aromatic amines is 1. The molecule has 1 heterocycles. The summed E-state index contributed by atoms with van der Waals surface area (Å²) in [6, 6.07) is 0. The molecule has 0 saturated heterocycles. The van der Waals surface area contributed by atoms with E-state index in [-0.39, 0.29) is 5.91 Å². The van der Waals surface area contributed by atoms with Gasteiger partial charge in [-0.3, -0.25) is 9.89 Å². The van der Waals surface area contributed by atoms with Crippen molar-refractivity contribution >= 4 is 23.2 Å². The van der Waals surface area contributed by atoms with E-state index in [1.807, 2.05) is 13.8 Å². The molecular formula is C9H14ClN3O. The first-order valence-corrected chi connectivity index (χ1v) is 5.06. The Morgan fingerprint density at radius 3 is 2.79 bits per heavy atom. The number of hydrogen-bond donors (Lipinski definition) is 2. The molecule has 0 unspecified atom stereocenters. The Labute approximate surface area is 88.0 Å². The van der Waals surface area contributed by atoms with Crippen molar-refractivity contribution in [2.75, 3.05) is 11.2 Å². The van der Waals surface area contributed by atoms with E-state index >= 15 is 0 Å². The average Bonchev–Trinajstić information content (AvgIpc) is 2.46. The largest absolute Gasteiger partial charge is 0.323 e. The number of nitrogens with one attached hydrogen (secondary N) is 2. The second kappa shape index (κ2) is 5.00. The van der Waals surface area contributed by atoms with Crippen molar-refractivity contribution in [1.29, 1.82) is 0 Å². The lowest BCUT2D eigenvalue weighted by atomic mass is 10.3. The Morgan fingerprint density at radius 2 is 2.29 bits per heavy atom. The molecule has 0 bridgehead atoms. The number of rotatable bonds is 4. The number of halogens is 1. The van der Waals surface area contributed by atoms with Gasteiger partial charge in [0.1, 0.15) is 0 Å². The van der Waals surface area contributed by atoms with Crippen LogP contribution in [0.3, 0.4) is 0 Å². The highest BCUT2D eigenvalue weighted by molar-refractivity contribution is 6.18. The minimum absolute atomic E-state index is 0.0155. The van der Waals surface area contributed by atoms with Crippen molar-refractivity contribution in [3.05, 3.63) is 11.4 Å². The molecule has 0 fully saturated rings. The van der Waals surface area contributed by atoms with Gasteiger partial charge in [0, 0.05) is 12.3 Å². The van der Waals surface area contributed by atoms with Crippen molar-refractivity contribution in [3.8, 4) is 0 Å². The number of nitrogens with zero attached hydrogens (tertiary/aromatic N) is 1. The zero-order valence-corrected chi connectivity index (χ0v) is 9.11. The van der Waals surface area contributed by atoms with Crippen LogP contribution in [0.1, 0.15) is 24.2 Å². The van der Waals surface area contributed by atoms with Crippen molar-refractivity contribution in [3.63, 3.8) is 0 Å². The van der Waals surface area contributed by atoms with Gasteiger partial charge in [-0.2, -0.15) is 5.10 Å². The molecule has 4 nitrogen and oxygen atoms in total. The first kappa shape index (κ1) is 11.0. The van der Waals surface area contributed by atoms with Gasteiger partial charge in [0.05, 0.1) is 17.1 Å². The fraction of sp³-hybridized carbons (Fsp3) is 0.556. The highest BCUT2D eigenvalue weighted by Crippen LogP contribution is 2.16. The molecule has 0 aliphatic carbocycles. The standard InChI is InChI=1S/C9H14ClN3O/c1-6-9(7(2)13-12-6)11-8(14)4-3-5-10/h3-5H2,1-2H3,(H,11,14)(H,12,13). The van der Waals surface area contributed by atoms with E-state index < -0.39 is 0 Å². The van der Waals surface area contributed by atoms with Gasteiger partial charge in [-0.05, 0) is 20.3 Å². The lowest BCUT2D eigenvalue weighted by Gasteiger charge is -2.03. The van der Waals surface area contributed by atoms with Crippen molar-refractivity contribution < 1.29 is 4.79 Å². The number of anilines is 1. The van der Waals surface area contributed by atoms with Crippen LogP contribution in [0.4, 0.5) is 5.69 Å². The third kappa shape index (κ3) is 2.73. The molecule has 1 aromatic rings. The third-order valence-electron chi connectivity index (χ3n) is 1.93. The second-order valence-corrected chi connectivity index (χ2v) is 3.53. The third-order valence-corrected chi connectivity index (χ3v) is 2.20. The summed E-state index contributed by atoms with van der Waals surface area (Å²) in [5.41, 5.74) is 2.47. The Morgan fingerprint density at radius 1 is 1.57 bits per heavy atom. The topological polar surface area (TPSA) is 57.8 Å². The number of carbonyl (C=O) groups is 1. The fourth-order valence-corrected chi connectivity index (χ4v) is 1.30. The van der Waals surface area contributed by atoms with Gasteiger partial charge in [0.2, 0.25) is 5.91 Å². The van der Waals surface area contributed by atoms with E-state index in [0.717, 1.165) is 17.1 Å². The SMILES string of the molecule is Cc1n[nH]c(C)c1NC(=O)CCCCl. The molecule has 0 atom stereocenters. The van der Waals surface area contributed by atoms with Gasteiger partial charge < -0.3 is 5.32 Å².